The number of nitrogens with two attached hydrogens (primary N) is 1. The average Bonchev–Trinajstić information content (AvgIpc) is 2.97. The molecule has 0 spiro atoms. The van der Waals surface area contributed by atoms with E-state index in [0.29, 0.717) is 11.9 Å². The predicted molar refractivity (Wildman–Crippen MR) is 66.0 cm³/mol. The maximum Gasteiger partial charge on any atom is 0.318 e. The Balaban J connectivity index is 1.82. The van der Waals surface area contributed by atoms with Crippen LogP contribution in [-0.2, 0) is 13.0 Å². The lowest BCUT2D eigenvalue weighted by molar-refractivity contribution is 0.453. The summed E-state index contributed by atoms with van der Waals surface area (Å²) < 4.78 is 5.56. The van der Waals surface area contributed by atoms with Crippen molar-refractivity contribution in [2.75, 3.05) is 11.4 Å². The van der Waals surface area contributed by atoms with Gasteiger partial charge in [0.05, 0.1) is 6.04 Å². The first-order valence-corrected chi connectivity index (χ1v) is 6.51. The molecule has 1 aliphatic rings. The second kappa shape index (κ2) is 4.12. The summed E-state index contributed by atoms with van der Waals surface area (Å²) in [4.78, 5) is 3.57. The van der Waals surface area contributed by atoms with E-state index in [2.05, 4.69) is 26.5 Å². The summed E-state index contributed by atoms with van der Waals surface area (Å²) >= 11 is 1.82. The number of rotatable bonds is 2. The lowest BCUT2D eigenvalue weighted by Crippen LogP contribution is -2.29. The van der Waals surface area contributed by atoms with E-state index in [1.807, 2.05) is 18.3 Å². The Kier molecular flexibility index (Phi) is 2.60. The van der Waals surface area contributed by atoms with Gasteiger partial charge in [-0.3, -0.25) is 0 Å². The van der Waals surface area contributed by atoms with E-state index in [9.17, 15) is 0 Å². The fraction of sp³-hybridized carbons (Fsp3) is 0.455. The van der Waals surface area contributed by atoms with E-state index in [-0.39, 0.29) is 6.04 Å². The molecular formula is C11H14N4OS. The van der Waals surface area contributed by atoms with Gasteiger partial charge in [0.2, 0.25) is 5.89 Å². The molecule has 90 valence electrons. The third kappa shape index (κ3) is 1.94. The molecule has 3 heterocycles. The molecule has 0 radical (unpaired) electrons. The molecule has 2 N–H and O–H groups in total. The van der Waals surface area contributed by atoms with Crippen molar-refractivity contribution in [3.63, 3.8) is 0 Å². The number of fused-ring (bicyclic) bond motifs is 1. The third-order valence-corrected chi connectivity index (χ3v) is 3.92. The summed E-state index contributed by atoms with van der Waals surface area (Å²) in [6, 6.07) is 2.53. The van der Waals surface area contributed by atoms with Crippen LogP contribution in [0.15, 0.2) is 15.9 Å². The molecule has 0 aromatic carbocycles. The number of anilines is 1. The number of hydrogen-bond donors (Lipinski definition) is 1. The molecule has 0 saturated heterocycles. The molecule has 3 rings (SSSR count). The normalized spacial score (nSPS) is 16.9. The maximum absolute atomic E-state index is 5.70. The van der Waals surface area contributed by atoms with Crippen LogP contribution in [-0.4, -0.2) is 16.7 Å². The van der Waals surface area contributed by atoms with Crippen molar-refractivity contribution in [1.82, 2.24) is 10.2 Å². The zero-order valence-corrected chi connectivity index (χ0v) is 10.4. The van der Waals surface area contributed by atoms with Crippen molar-refractivity contribution in [2.45, 2.75) is 25.9 Å². The molecule has 1 atom stereocenters. The molecule has 0 saturated carbocycles. The first-order chi connectivity index (χ1) is 8.24. The van der Waals surface area contributed by atoms with Crippen molar-refractivity contribution in [1.29, 1.82) is 0 Å². The van der Waals surface area contributed by atoms with Crippen LogP contribution in [0.4, 0.5) is 6.01 Å². The molecule has 0 fully saturated rings. The summed E-state index contributed by atoms with van der Waals surface area (Å²) in [7, 11) is 0. The minimum atomic E-state index is -0.210. The average molecular weight is 250 g/mol. The fourth-order valence-corrected chi connectivity index (χ4v) is 2.84. The van der Waals surface area contributed by atoms with Crippen LogP contribution in [0.5, 0.6) is 0 Å². The minimum absolute atomic E-state index is 0.210. The Morgan fingerprint density at radius 2 is 2.41 bits per heavy atom. The van der Waals surface area contributed by atoms with Crippen molar-refractivity contribution < 1.29 is 4.42 Å². The highest BCUT2D eigenvalue weighted by Gasteiger charge is 2.22. The van der Waals surface area contributed by atoms with Crippen molar-refractivity contribution >= 4 is 17.4 Å². The zero-order chi connectivity index (χ0) is 11.8. The topological polar surface area (TPSA) is 68.2 Å². The van der Waals surface area contributed by atoms with Gasteiger partial charge in [-0.1, -0.05) is 5.10 Å². The van der Waals surface area contributed by atoms with Crippen molar-refractivity contribution in [2.24, 2.45) is 5.73 Å². The van der Waals surface area contributed by atoms with E-state index in [4.69, 9.17) is 10.2 Å². The third-order valence-electron chi connectivity index (χ3n) is 2.90. The van der Waals surface area contributed by atoms with E-state index >= 15 is 0 Å². The zero-order valence-electron chi connectivity index (χ0n) is 9.59. The van der Waals surface area contributed by atoms with Crippen LogP contribution < -0.4 is 10.6 Å². The van der Waals surface area contributed by atoms with Crippen LogP contribution in [0.25, 0.3) is 0 Å². The maximum atomic E-state index is 5.70. The minimum Gasteiger partial charge on any atom is -0.406 e. The predicted octanol–water partition coefficient (Wildman–Crippen LogP) is 1.71. The summed E-state index contributed by atoms with van der Waals surface area (Å²) in [5.74, 6) is 0.496. The van der Waals surface area contributed by atoms with Gasteiger partial charge in [-0.05, 0) is 30.4 Å². The molecule has 1 aliphatic heterocycles. The van der Waals surface area contributed by atoms with Crippen LogP contribution in [0.1, 0.15) is 29.3 Å². The first kappa shape index (κ1) is 10.7. The quantitative estimate of drug-likeness (QED) is 0.878. The molecule has 0 aliphatic carbocycles. The van der Waals surface area contributed by atoms with Gasteiger partial charge in [-0.2, -0.15) is 0 Å². The number of thiophene rings is 1. The van der Waals surface area contributed by atoms with Gasteiger partial charge in [0.1, 0.15) is 0 Å². The fourth-order valence-electron chi connectivity index (χ4n) is 1.95. The Morgan fingerprint density at radius 1 is 1.53 bits per heavy atom. The highest BCUT2D eigenvalue weighted by atomic mass is 32.1. The standard InChI is InChI=1S/C11H14N4OS/c1-7(12)10-13-14-11(16-10)15-4-2-9-8(6-15)3-5-17-9/h3,5,7H,2,4,6,12H2,1H3. The summed E-state index contributed by atoms with van der Waals surface area (Å²) in [5, 5.41) is 10.1. The lowest BCUT2D eigenvalue weighted by Gasteiger charge is -2.24. The summed E-state index contributed by atoms with van der Waals surface area (Å²) in [6.45, 7) is 3.61. The van der Waals surface area contributed by atoms with Gasteiger partial charge in [0.25, 0.3) is 0 Å². The number of nitrogens with zero attached hydrogens (tertiary/aromatic N) is 3. The second-order valence-corrected chi connectivity index (χ2v) is 5.25. The molecule has 1 unspecified atom stereocenters. The first-order valence-electron chi connectivity index (χ1n) is 5.63. The largest absolute Gasteiger partial charge is 0.406 e. The van der Waals surface area contributed by atoms with E-state index in [0.717, 1.165) is 19.5 Å². The van der Waals surface area contributed by atoms with Crippen molar-refractivity contribution in [3.8, 4) is 0 Å². The lowest BCUT2D eigenvalue weighted by atomic mass is 10.1. The Bertz CT molecular complexity index is 519. The highest BCUT2D eigenvalue weighted by molar-refractivity contribution is 7.10. The SMILES string of the molecule is CC(N)c1nnc(N2CCc3sccc3C2)o1. The highest BCUT2D eigenvalue weighted by Crippen LogP contribution is 2.27. The molecule has 17 heavy (non-hydrogen) atoms. The Hall–Kier alpha value is -1.40. The van der Waals surface area contributed by atoms with Gasteiger partial charge < -0.3 is 15.1 Å². The van der Waals surface area contributed by atoms with Crippen LogP contribution in [0.3, 0.4) is 0 Å². The van der Waals surface area contributed by atoms with Gasteiger partial charge in [0, 0.05) is 18.0 Å². The van der Waals surface area contributed by atoms with E-state index in [1.54, 1.807) is 0 Å². The van der Waals surface area contributed by atoms with E-state index in [1.165, 1.54) is 10.4 Å². The van der Waals surface area contributed by atoms with Crippen molar-refractivity contribution in [3.05, 3.63) is 27.8 Å². The molecule has 0 amide bonds. The summed E-state index contributed by atoms with van der Waals surface area (Å²) in [6.07, 6.45) is 1.04. The van der Waals surface area contributed by atoms with Gasteiger partial charge >= 0.3 is 6.01 Å². The van der Waals surface area contributed by atoms with Gasteiger partial charge in [-0.25, -0.2) is 0 Å². The monoisotopic (exact) mass is 250 g/mol. The van der Waals surface area contributed by atoms with Crippen LogP contribution >= 0.6 is 11.3 Å². The number of aromatic nitrogens is 2. The molecule has 2 aromatic heterocycles. The molecule has 0 bridgehead atoms. The number of hydrogen-bond acceptors (Lipinski definition) is 6. The molecule has 6 heteroatoms. The van der Waals surface area contributed by atoms with E-state index < -0.39 is 0 Å². The smallest absolute Gasteiger partial charge is 0.318 e. The molecule has 5 nitrogen and oxygen atoms in total. The Labute approximate surface area is 103 Å². The van der Waals surface area contributed by atoms with Crippen LogP contribution in [0, 0.1) is 0 Å². The molecular weight excluding hydrogens is 236 g/mol. The van der Waals surface area contributed by atoms with Gasteiger partial charge in [-0.15, -0.1) is 16.4 Å². The summed E-state index contributed by atoms with van der Waals surface area (Å²) in [5.41, 5.74) is 7.07. The molecule has 2 aromatic rings. The van der Waals surface area contributed by atoms with Gasteiger partial charge in [0.15, 0.2) is 0 Å². The second-order valence-electron chi connectivity index (χ2n) is 4.25. The Morgan fingerprint density at radius 3 is 3.18 bits per heavy atom. The van der Waals surface area contributed by atoms with Crippen LogP contribution in [0.2, 0.25) is 0 Å².